The molecule has 0 heterocycles. The van der Waals surface area contributed by atoms with Crippen molar-refractivity contribution in [1.82, 2.24) is 0 Å². The van der Waals surface area contributed by atoms with Gasteiger partial charge in [-0.3, -0.25) is 0 Å². The standard InChI is InChI=1S/C12H20O/c1-9-4-3-6-12(2)7-5-10(13)8-11(9)12/h10-11,13H,1,3-8H2,2H3/t10?,11-,12+/m0/s1. The smallest absolute Gasteiger partial charge is 0.0546 e. The Kier molecular flexibility index (Phi) is 2.23. The number of aliphatic hydroxyl groups excluding tert-OH is 1. The third-order valence-electron chi connectivity index (χ3n) is 4.14. The molecule has 2 saturated carbocycles. The lowest BCUT2D eigenvalue weighted by Crippen LogP contribution is -2.39. The number of aliphatic hydroxyl groups is 1. The third kappa shape index (κ3) is 1.54. The lowest BCUT2D eigenvalue weighted by atomic mass is 9.58. The highest BCUT2D eigenvalue weighted by Gasteiger charge is 2.42. The van der Waals surface area contributed by atoms with E-state index >= 15 is 0 Å². The summed E-state index contributed by atoms with van der Waals surface area (Å²) in [6, 6.07) is 0. The molecule has 1 N–H and O–H groups in total. The van der Waals surface area contributed by atoms with E-state index in [1.807, 2.05) is 0 Å². The molecule has 1 unspecified atom stereocenters. The summed E-state index contributed by atoms with van der Waals surface area (Å²) >= 11 is 0. The molecule has 0 saturated heterocycles. The van der Waals surface area contributed by atoms with Crippen LogP contribution in [-0.2, 0) is 0 Å². The van der Waals surface area contributed by atoms with Gasteiger partial charge in [-0.05, 0) is 49.9 Å². The molecule has 0 spiro atoms. The Balaban J connectivity index is 2.17. The molecule has 0 aliphatic heterocycles. The maximum atomic E-state index is 9.64. The molecular formula is C12H20O. The Morgan fingerprint density at radius 3 is 3.00 bits per heavy atom. The van der Waals surface area contributed by atoms with Gasteiger partial charge in [0.15, 0.2) is 0 Å². The predicted octanol–water partition coefficient (Wildman–Crippen LogP) is 2.89. The molecule has 0 aromatic carbocycles. The molecule has 2 fully saturated rings. The van der Waals surface area contributed by atoms with Crippen LogP contribution in [0.2, 0.25) is 0 Å². The van der Waals surface area contributed by atoms with Gasteiger partial charge in [0.05, 0.1) is 6.10 Å². The maximum Gasteiger partial charge on any atom is 0.0546 e. The highest BCUT2D eigenvalue weighted by atomic mass is 16.3. The Morgan fingerprint density at radius 1 is 1.46 bits per heavy atom. The predicted molar refractivity (Wildman–Crippen MR) is 54.4 cm³/mol. The summed E-state index contributed by atoms with van der Waals surface area (Å²) in [5.41, 5.74) is 1.86. The molecule has 3 atom stereocenters. The van der Waals surface area contributed by atoms with E-state index in [1.165, 1.54) is 31.3 Å². The van der Waals surface area contributed by atoms with E-state index in [9.17, 15) is 5.11 Å². The van der Waals surface area contributed by atoms with Crippen LogP contribution in [0.4, 0.5) is 0 Å². The van der Waals surface area contributed by atoms with E-state index in [-0.39, 0.29) is 6.10 Å². The normalized spacial score (nSPS) is 45.8. The van der Waals surface area contributed by atoms with E-state index in [2.05, 4.69) is 13.5 Å². The van der Waals surface area contributed by atoms with Crippen molar-refractivity contribution in [1.29, 1.82) is 0 Å². The van der Waals surface area contributed by atoms with Gasteiger partial charge in [0.1, 0.15) is 0 Å². The Hall–Kier alpha value is -0.300. The molecule has 0 aromatic heterocycles. The highest BCUT2D eigenvalue weighted by molar-refractivity contribution is 5.12. The van der Waals surface area contributed by atoms with Gasteiger partial charge >= 0.3 is 0 Å². The molecule has 0 radical (unpaired) electrons. The Morgan fingerprint density at radius 2 is 2.23 bits per heavy atom. The van der Waals surface area contributed by atoms with Crippen LogP contribution in [0.3, 0.4) is 0 Å². The van der Waals surface area contributed by atoms with E-state index in [4.69, 9.17) is 0 Å². The first-order valence-electron chi connectivity index (χ1n) is 5.47. The monoisotopic (exact) mass is 180 g/mol. The topological polar surface area (TPSA) is 20.2 Å². The van der Waals surface area contributed by atoms with Crippen LogP contribution in [-0.4, -0.2) is 11.2 Å². The summed E-state index contributed by atoms with van der Waals surface area (Å²) in [6.45, 7) is 6.55. The number of rotatable bonds is 0. The summed E-state index contributed by atoms with van der Waals surface area (Å²) in [5.74, 6) is 0.602. The minimum absolute atomic E-state index is 0.0621. The van der Waals surface area contributed by atoms with Crippen molar-refractivity contribution in [2.24, 2.45) is 11.3 Å². The number of fused-ring (bicyclic) bond motifs is 1. The van der Waals surface area contributed by atoms with Crippen molar-refractivity contribution >= 4 is 0 Å². The summed E-state index contributed by atoms with van der Waals surface area (Å²) in [5, 5.41) is 9.64. The molecule has 2 aliphatic carbocycles. The van der Waals surface area contributed by atoms with Gasteiger partial charge in [-0.2, -0.15) is 0 Å². The average Bonchev–Trinajstić information content (AvgIpc) is 2.08. The summed E-state index contributed by atoms with van der Waals surface area (Å²) in [6.07, 6.45) is 6.93. The fourth-order valence-electron chi connectivity index (χ4n) is 3.20. The lowest BCUT2D eigenvalue weighted by Gasteiger charge is -2.47. The second-order valence-electron chi connectivity index (χ2n) is 5.15. The van der Waals surface area contributed by atoms with Crippen molar-refractivity contribution in [2.75, 3.05) is 0 Å². The van der Waals surface area contributed by atoms with Gasteiger partial charge < -0.3 is 5.11 Å². The van der Waals surface area contributed by atoms with Crippen molar-refractivity contribution in [3.8, 4) is 0 Å². The van der Waals surface area contributed by atoms with Crippen LogP contribution in [0.25, 0.3) is 0 Å². The van der Waals surface area contributed by atoms with Crippen molar-refractivity contribution in [3.05, 3.63) is 12.2 Å². The molecule has 0 amide bonds. The molecule has 0 bridgehead atoms. The molecule has 1 nitrogen and oxygen atoms in total. The first-order chi connectivity index (χ1) is 6.12. The van der Waals surface area contributed by atoms with Gasteiger partial charge in [-0.15, -0.1) is 0 Å². The first kappa shape index (κ1) is 9.26. The van der Waals surface area contributed by atoms with E-state index < -0.39 is 0 Å². The van der Waals surface area contributed by atoms with Crippen LogP contribution in [0.1, 0.15) is 45.4 Å². The van der Waals surface area contributed by atoms with Crippen LogP contribution in [0.5, 0.6) is 0 Å². The minimum atomic E-state index is -0.0621. The van der Waals surface area contributed by atoms with Gasteiger partial charge in [0.25, 0.3) is 0 Å². The summed E-state index contributed by atoms with van der Waals surface area (Å²) < 4.78 is 0. The highest BCUT2D eigenvalue weighted by Crippen LogP contribution is 2.51. The second-order valence-corrected chi connectivity index (χ2v) is 5.15. The quantitative estimate of drug-likeness (QED) is 0.568. The van der Waals surface area contributed by atoms with E-state index in [0.29, 0.717) is 11.3 Å². The average molecular weight is 180 g/mol. The molecule has 2 rings (SSSR count). The molecule has 74 valence electrons. The molecular weight excluding hydrogens is 160 g/mol. The fraction of sp³-hybridized carbons (Fsp3) is 0.833. The van der Waals surface area contributed by atoms with Gasteiger partial charge in [0, 0.05) is 0 Å². The number of allylic oxidation sites excluding steroid dienone is 1. The van der Waals surface area contributed by atoms with Crippen molar-refractivity contribution in [3.63, 3.8) is 0 Å². The van der Waals surface area contributed by atoms with Crippen molar-refractivity contribution < 1.29 is 5.11 Å². The van der Waals surface area contributed by atoms with Crippen LogP contribution in [0.15, 0.2) is 12.2 Å². The zero-order valence-corrected chi connectivity index (χ0v) is 8.55. The second kappa shape index (κ2) is 3.13. The lowest BCUT2D eigenvalue weighted by molar-refractivity contribution is 0.0170. The van der Waals surface area contributed by atoms with E-state index in [1.54, 1.807) is 0 Å². The van der Waals surface area contributed by atoms with Gasteiger partial charge in [0.2, 0.25) is 0 Å². The number of hydrogen-bond donors (Lipinski definition) is 1. The van der Waals surface area contributed by atoms with Crippen LogP contribution >= 0.6 is 0 Å². The third-order valence-corrected chi connectivity index (χ3v) is 4.14. The Labute approximate surface area is 80.8 Å². The minimum Gasteiger partial charge on any atom is -0.393 e. The zero-order chi connectivity index (χ0) is 9.47. The number of hydrogen-bond acceptors (Lipinski definition) is 1. The van der Waals surface area contributed by atoms with Crippen LogP contribution < -0.4 is 0 Å². The van der Waals surface area contributed by atoms with Crippen molar-refractivity contribution in [2.45, 2.75) is 51.6 Å². The maximum absolute atomic E-state index is 9.64. The van der Waals surface area contributed by atoms with Gasteiger partial charge in [-0.25, -0.2) is 0 Å². The van der Waals surface area contributed by atoms with Crippen LogP contribution in [0, 0.1) is 11.3 Å². The van der Waals surface area contributed by atoms with E-state index in [0.717, 1.165) is 12.8 Å². The SMILES string of the molecule is C=C1CCC[C@]2(C)CCC(O)C[C@@H]12. The largest absolute Gasteiger partial charge is 0.393 e. The molecule has 0 aromatic rings. The molecule has 2 aliphatic rings. The summed E-state index contributed by atoms with van der Waals surface area (Å²) in [7, 11) is 0. The molecule has 13 heavy (non-hydrogen) atoms. The fourth-order valence-corrected chi connectivity index (χ4v) is 3.20. The Bertz CT molecular complexity index is 221. The molecule has 1 heteroatoms. The summed E-state index contributed by atoms with van der Waals surface area (Å²) in [4.78, 5) is 0. The first-order valence-corrected chi connectivity index (χ1v) is 5.47. The zero-order valence-electron chi connectivity index (χ0n) is 8.55. The van der Waals surface area contributed by atoms with Gasteiger partial charge in [-0.1, -0.05) is 19.1 Å².